The number of hydrogen-bond acceptors (Lipinski definition) is 2. The highest BCUT2D eigenvalue weighted by atomic mass is 79.9. The Hall–Kier alpha value is -1.81. The number of hydrogen-bond donors (Lipinski definition) is 1. The molecule has 2 aromatic carbocycles. The number of aryl methyl sites for hydroxylation is 1. The predicted molar refractivity (Wildman–Crippen MR) is 82.1 cm³/mol. The Bertz CT molecular complexity index is 746. The molecule has 0 aliphatic heterocycles. The first-order valence-electron chi connectivity index (χ1n) is 6.11. The van der Waals surface area contributed by atoms with Crippen LogP contribution in [-0.2, 0) is 6.54 Å². The van der Waals surface area contributed by atoms with Gasteiger partial charge in [0.15, 0.2) is 0 Å². The first-order chi connectivity index (χ1) is 9.15. The highest BCUT2D eigenvalue weighted by Crippen LogP contribution is 2.22. The van der Waals surface area contributed by atoms with Crippen molar-refractivity contribution in [1.82, 2.24) is 9.55 Å². The van der Waals surface area contributed by atoms with Crippen molar-refractivity contribution in [3.63, 3.8) is 0 Å². The molecular formula is C15H14BrN3. The number of nitrogen functional groups attached to an aromatic ring is 1. The summed E-state index contributed by atoms with van der Waals surface area (Å²) in [5, 5.41) is 0. The van der Waals surface area contributed by atoms with Gasteiger partial charge in [0.25, 0.3) is 0 Å². The lowest BCUT2D eigenvalue weighted by Gasteiger charge is -2.08. The van der Waals surface area contributed by atoms with Gasteiger partial charge >= 0.3 is 0 Å². The van der Waals surface area contributed by atoms with Gasteiger partial charge in [-0.3, -0.25) is 0 Å². The van der Waals surface area contributed by atoms with Crippen molar-refractivity contribution in [3.05, 3.63) is 58.3 Å². The minimum absolute atomic E-state index is 0.763. The number of aromatic nitrogens is 2. The van der Waals surface area contributed by atoms with Crippen LogP contribution in [0.2, 0.25) is 0 Å². The van der Waals surface area contributed by atoms with Crippen LogP contribution in [0.15, 0.2) is 46.9 Å². The zero-order chi connectivity index (χ0) is 13.4. The number of halogens is 1. The fraction of sp³-hybridized carbons (Fsp3) is 0.133. The highest BCUT2D eigenvalue weighted by Gasteiger charge is 2.07. The maximum absolute atomic E-state index is 5.93. The molecule has 0 atom stereocenters. The first-order valence-corrected chi connectivity index (χ1v) is 6.90. The third kappa shape index (κ3) is 2.24. The number of nitrogens with two attached hydrogens (primary N) is 1. The van der Waals surface area contributed by atoms with Crippen molar-refractivity contribution in [2.45, 2.75) is 13.5 Å². The van der Waals surface area contributed by atoms with E-state index in [-0.39, 0.29) is 0 Å². The number of nitrogens with zero attached hydrogens (tertiary/aromatic N) is 2. The van der Waals surface area contributed by atoms with Crippen LogP contribution in [0.25, 0.3) is 11.0 Å². The van der Waals surface area contributed by atoms with Gasteiger partial charge in [-0.15, -0.1) is 0 Å². The maximum atomic E-state index is 5.93. The monoisotopic (exact) mass is 315 g/mol. The van der Waals surface area contributed by atoms with E-state index in [4.69, 9.17) is 5.73 Å². The summed E-state index contributed by atoms with van der Waals surface area (Å²) in [6.45, 7) is 2.81. The third-order valence-electron chi connectivity index (χ3n) is 3.25. The van der Waals surface area contributed by atoms with Crippen LogP contribution >= 0.6 is 15.9 Å². The number of anilines is 1. The van der Waals surface area contributed by atoms with Gasteiger partial charge in [0.1, 0.15) is 5.82 Å². The van der Waals surface area contributed by atoms with Crippen molar-refractivity contribution >= 4 is 32.7 Å². The molecule has 0 spiro atoms. The molecule has 1 heterocycles. The number of imidazole rings is 1. The van der Waals surface area contributed by atoms with Crippen LogP contribution in [0, 0.1) is 6.92 Å². The lowest BCUT2D eigenvalue weighted by Crippen LogP contribution is -2.02. The Kier molecular flexibility index (Phi) is 3.03. The van der Waals surface area contributed by atoms with Crippen LogP contribution in [0.3, 0.4) is 0 Å². The van der Waals surface area contributed by atoms with Gasteiger partial charge in [0.2, 0.25) is 0 Å². The van der Waals surface area contributed by atoms with Gasteiger partial charge < -0.3 is 10.3 Å². The normalized spacial score (nSPS) is 11.1. The molecule has 0 saturated carbocycles. The molecule has 0 aliphatic carbocycles. The molecule has 0 unspecified atom stereocenters. The van der Waals surface area contributed by atoms with Crippen molar-refractivity contribution in [2.24, 2.45) is 0 Å². The number of rotatable bonds is 2. The lowest BCUT2D eigenvalue weighted by molar-refractivity contribution is 0.786. The lowest BCUT2D eigenvalue weighted by atomic mass is 10.2. The quantitative estimate of drug-likeness (QED) is 0.732. The molecule has 0 aliphatic rings. The summed E-state index contributed by atoms with van der Waals surface area (Å²) in [7, 11) is 0. The molecule has 2 N–H and O–H groups in total. The van der Waals surface area contributed by atoms with Crippen LogP contribution < -0.4 is 5.73 Å². The topological polar surface area (TPSA) is 43.8 Å². The van der Waals surface area contributed by atoms with Crippen molar-refractivity contribution in [2.75, 3.05) is 5.73 Å². The Balaban J connectivity index is 2.05. The summed E-state index contributed by atoms with van der Waals surface area (Å²) in [5.74, 6) is 1.02. The van der Waals surface area contributed by atoms with Gasteiger partial charge in [0, 0.05) is 16.7 Å². The first kappa shape index (κ1) is 12.2. The van der Waals surface area contributed by atoms with Crippen molar-refractivity contribution < 1.29 is 0 Å². The highest BCUT2D eigenvalue weighted by molar-refractivity contribution is 9.10. The van der Waals surface area contributed by atoms with E-state index >= 15 is 0 Å². The molecule has 0 fully saturated rings. The molecule has 1 aromatic heterocycles. The van der Waals surface area contributed by atoms with Gasteiger partial charge in [-0.05, 0) is 52.7 Å². The predicted octanol–water partition coefficient (Wildman–Crippen LogP) is 3.74. The fourth-order valence-electron chi connectivity index (χ4n) is 2.27. The van der Waals surface area contributed by atoms with E-state index in [1.165, 1.54) is 5.56 Å². The molecule has 0 bridgehead atoms. The Morgan fingerprint density at radius 1 is 1.21 bits per heavy atom. The molecule has 0 radical (unpaired) electrons. The summed E-state index contributed by atoms with van der Waals surface area (Å²) in [6.07, 6.45) is 0. The molecular weight excluding hydrogens is 302 g/mol. The molecule has 4 heteroatoms. The second-order valence-corrected chi connectivity index (χ2v) is 5.44. The van der Waals surface area contributed by atoms with E-state index in [2.05, 4.69) is 37.6 Å². The van der Waals surface area contributed by atoms with Crippen LogP contribution in [0.1, 0.15) is 11.4 Å². The average Bonchev–Trinajstić information content (AvgIpc) is 2.71. The molecule has 3 rings (SSSR count). The number of benzene rings is 2. The summed E-state index contributed by atoms with van der Waals surface area (Å²) in [4.78, 5) is 4.57. The molecule has 3 nitrogen and oxygen atoms in total. The van der Waals surface area contributed by atoms with Crippen molar-refractivity contribution in [1.29, 1.82) is 0 Å². The third-order valence-corrected chi connectivity index (χ3v) is 3.97. The second-order valence-electron chi connectivity index (χ2n) is 4.59. The van der Waals surface area contributed by atoms with Crippen molar-refractivity contribution in [3.8, 4) is 0 Å². The van der Waals surface area contributed by atoms with Crippen LogP contribution in [0.4, 0.5) is 5.69 Å². The van der Waals surface area contributed by atoms with Gasteiger partial charge in [0.05, 0.1) is 11.0 Å². The maximum Gasteiger partial charge on any atom is 0.107 e. The summed E-state index contributed by atoms with van der Waals surface area (Å²) in [6, 6.07) is 14.2. The smallest absolute Gasteiger partial charge is 0.107 e. The molecule has 3 aromatic rings. The van der Waals surface area contributed by atoms with E-state index in [1.807, 2.05) is 37.3 Å². The Morgan fingerprint density at radius 2 is 2.00 bits per heavy atom. The van der Waals surface area contributed by atoms with E-state index in [1.54, 1.807) is 0 Å². The van der Waals surface area contributed by atoms with E-state index in [0.29, 0.717) is 0 Å². The van der Waals surface area contributed by atoms with Crippen LogP contribution in [0.5, 0.6) is 0 Å². The SMILES string of the molecule is Cc1nc2ccccc2n1Cc1ccc(Br)c(N)c1. The second kappa shape index (κ2) is 4.70. The molecule has 96 valence electrons. The summed E-state index contributed by atoms with van der Waals surface area (Å²) < 4.78 is 3.14. The zero-order valence-corrected chi connectivity index (χ0v) is 12.2. The van der Waals surface area contributed by atoms with E-state index < -0.39 is 0 Å². The fourth-order valence-corrected chi connectivity index (χ4v) is 2.52. The van der Waals surface area contributed by atoms with Gasteiger partial charge in [-0.2, -0.15) is 0 Å². The largest absolute Gasteiger partial charge is 0.398 e. The zero-order valence-electron chi connectivity index (χ0n) is 10.6. The van der Waals surface area contributed by atoms with E-state index in [0.717, 1.165) is 33.6 Å². The standard InChI is InChI=1S/C15H14BrN3/c1-10-18-14-4-2-3-5-15(14)19(10)9-11-6-7-12(16)13(17)8-11/h2-8H,9,17H2,1H3. The number of para-hydroxylation sites is 2. The Morgan fingerprint density at radius 3 is 2.79 bits per heavy atom. The van der Waals surface area contributed by atoms with E-state index in [9.17, 15) is 0 Å². The average molecular weight is 316 g/mol. The minimum Gasteiger partial charge on any atom is -0.398 e. The summed E-state index contributed by atoms with van der Waals surface area (Å²) in [5.41, 5.74) is 10.1. The molecule has 19 heavy (non-hydrogen) atoms. The van der Waals surface area contributed by atoms with Gasteiger partial charge in [-0.1, -0.05) is 18.2 Å². The minimum atomic E-state index is 0.763. The number of fused-ring (bicyclic) bond motifs is 1. The molecule has 0 amide bonds. The van der Waals surface area contributed by atoms with Crippen LogP contribution in [-0.4, -0.2) is 9.55 Å². The summed E-state index contributed by atoms with van der Waals surface area (Å²) >= 11 is 3.42. The molecule has 0 saturated heterocycles. The Labute approximate surface area is 120 Å². The van der Waals surface area contributed by atoms with Gasteiger partial charge in [-0.25, -0.2) is 4.98 Å².